The van der Waals surface area contributed by atoms with E-state index in [1.807, 2.05) is 67.7 Å². The van der Waals surface area contributed by atoms with E-state index in [4.69, 9.17) is 5.10 Å². The molecule has 4 rings (SSSR count). The molecule has 5 heteroatoms. The van der Waals surface area contributed by atoms with Crippen molar-refractivity contribution in [1.82, 2.24) is 20.4 Å². The third kappa shape index (κ3) is 3.78. The molecule has 0 saturated carbocycles. The Morgan fingerprint density at radius 1 is 1.07 bits per heavy atom. The van der Waals surface area contributed by atoms with Crippen LogP contribution < -0.4 is 10.6 Å². The maximum atomic E-state index is 13.1. The minimum atomic E-state index is -0.0534. The lowest BCUT2D eigenvalue weighted by Crippen LogP contribution is -2.42. The van der Waals surface area contributed by atoms with Gasteiger partial charge in [-0.3, -0.25) is 4.79 Å². The maximum Gasteiger partial charge on any atom is 0.255 e. The van der Waals surface area contributed by atoms with Gasteiger partial charge in [0, 0.05) is 17.8 Å². The number of hydrogen-bond donors (Lipinski definition) is 2. The standard InChI is InChI=1S/C22H24N4O/c1-16-7-5-6-10-19(16)21-20(22(27)24-17-11-13-23-14-12-17)15-26(25-21)18-8-3-2-4-9-18/h2-10,15,17,23H,11-14H2,1H3,(H,24,27). The lowest BCUT2D eigenvalue weighted by Gasteiger charge is -2.23. The molecule has 0 atom stereocenters. The Kier molecular flexibility index (Phi) is 5.03. The van der Waals surface area contributed by atoms with Gasteiger partial charge in [0.1, 0.15) is 5.69 Å². The van der Waals surface area contributed by atoms with Crippen LogP contribution in [0.4, 0.5) is 0 Å². The van der Waals surface area contributed by atoms with Crippen molar-refractivity contribution in [1.29, 1.82) is 0 Å². The number of piperidine rings is 1. The number of para-hydroxylation sites is 1. The molecule has 1 fully saturated rings. The van der Waals surface area contributed by atoms with E-state index < -0.39 is 0 Å². The van der Waals surface area contributed by atoms with Gasteiger partial charge >= 0.3 is 0 Å². The van der Waals surface area contributed by atoms with Gasteiger partial charge in [-0.15, -0.1) is 0 Å². The molecule has 1 aromatic heterocycles. The average molecular weight is 360 g/mol. The molecular formula is C22H24N4O. The summed E-state index contributed by atoms with van der Waals surface area (Å²) in [6, 6.07) is 18.2. The van der Waals surface area contributed by atoms with Crippen molar-refractivity contribution >= 4 is 5.91 Å². The van der Waals surface area contributed by atoms with Gasteiger partial charge < -0.3 is 10.6 Å². The van der Waals surface area contributed by atoms with Crippen molar-refractivity contribution in [3.8, 4) is 16.9 Å². The normalized spacial score (nSPS) is 14.9. The van der Waals surface area contributed by atoms with E-state index in [1.165, 1.54) is 0 Å². The maximum absolute atomic E-state index is 13.1. The Hall–Kier alpha value is -2.92. The summed E-state index contributed by atoms with van der Waals surface area (Å²) in [6.07, 6.45) is 3.75. The summed E-state index contributed by atoms with van der Waals surface area (Å²) >= 11 is 0. The molecule has 0 radical (unpaired) electrons. The van der Waals surface area contributed by atoms with Crippen molar-refractivity contribution in [3.05, 3.63) is 71.9 Å². The first-order valence-electron chi connectivity index (χ1n) is 9.45. The summed E-state index contributed by atoms with van der Waals surface area (Å²) in [5.74, 6) is -0.0534. The van der Waals surface area contributed by atoms with E-state index in [-0.39, 0.29) is 11.9 Å². The van der Waals surface area contributed by atoms with Crippen molar-refractivity contribution < 1.29 is 4.79 Å². The lowest BCUT2D eigenvalue weighted by atomic mass is 10.0. The highest BCUT2D eigenvalue weighted by atomic mass is 16.1. The van der Waals surface area contributed by atoms with Crippen LogP contribution in [-0.2, 0) is 0 Å². The predicted molar refractivity (Wildman–Crippen MR) is 107 cm³/mol. The molecule has 0 aliphatic carbocycles. The second-order valence-electron chi connectivity index (χ2n) is 6.98. The molecule has 1 aliphatic heterocycles. The van der Waals surface area contributed by atoms with Crippen LogP contribution in [0.1, 0.15) is 28.8 Å². The molecule has 5 nitrogen and oxygen atoms in total. The molecule has 0 spiro atoms. The van der Waals surface area contributed by atoms with E-state index in [2.05, 4.69) is 10.6 Å². The molecule has 1 aliphatic rings. The number of aryl methyl sites for hydroxylation is 1. The van der Waals surface area contributed by atoms with Crippen molar-refractivity contribution in [3.63, 3.8) is 0 Å². The molecule has 2 N–H and O–H groups in total. The third-order valence-corrected chi connectivity index (χ3v) is 5.05. The monoisotopic (exact) mass is 360 g/mol. The molecule has 0 unspecified atom stereocenters. The van der Waals surface area contributed by atoms with Gasteiger partial charge in [0.2, 0.25) is 0 Å². The highest BCUT2D eigenvalue weighted by Gasteiger charge is 2.22. The molecule has 2 heterocycles. The van der Waals surface area contributed by atoms with Crippen LogP contribution in [0.15, 0.2) is 60.8 Å². The van der Waals surface area contributed by atoms with Crippen LogP contribution in [0.5, 0.6) is 0 Å². The van der Waals surface area contributed by atoms with Crippen LogP contribution in [0, 0.1) is 6.92 Å². The summed E-state index contributed by atoms with van der Waals surface area (Å²) in [6.45, 7) is 3.93. The van der Waals surface area contributed by atoms with Crippen LogP contribution in [-0.4, -0.2) is 34.8 Å². The fraction of sp³-hybridized carbons (Fsp3) is 0.273. The first-order valence-corrected chi connectivity index (χ1v) is 9.45. The van der Waals surface area contributed by atoms with Gasteiger partial charge in [-0.2, -0.15) is 5.10 Å². The molecular weight excluding hydrogens is 336 g/mol. The van der Waals surface area contributed by atoms with Crippen LogP contribution in [0.3, 0.4) is 0 Å². The summed E-state index contributed by atoms with van der Waals surface area (Å²) < 4.78 is 1.79. The second kappa shape index (κ2) is 7.76. The molecule has 1 saturated heterocycles. The van der Waals surface area contributed by atoms with E-state index in [0.29, 0.717) is 5.56 Å². The van der Waals surface area contributed by atoms with Gasteiger partial charge in [-0.25, -0.2) is 4.68 Å². The van der Waals surface area contributed by atoms with Gasteiger partial charge in [-0.1, -0.05) is 42.5 Å². The van der Waals surface area contributed by atoms with E-state index >= 15 is 0 Å². The molecule has 2 aromatic carbocycles. The molecule has 3 aromatic rings. The number of benzene rings is 2. The Morgan fingerprint density at radius 2 is 1.78 bits per heavy atom. The quantitative estimate of drug-likeness (QED) is 0.750. The molecule has 27 heavy (non-hydrogen) atoms. The highest BCUT2D eigenvalue weighted by molar-refractivity contribution is 6.00. The van der Waals surface area contributed by atoms with Crippen LogP contribution in [0.25, 0.3) is 16.9 Å². The number of nitrogens with one attached hydrogen (secondary N) is 2. The number of carbonyl (C=O) groups excluding carboxylic acids is 1. The Bertz CT molecular complexity index is 926. The number of aromatic nitrogens is 2. The zero-order chi connectivity index (χ0) is 18.6. The topological polar surface area (TPSA) is 59.0 Å². The minimum absolute atomic E-state index is 0.0534. The summed E-state index contributed by atoms with van der Waals surface area (Å²) in [5.41, 5.74) is 4.37. The third-order valence-electron chi connectivity index (χ3n) is 5.05. The first-order chi connectivity index (χ1) is 13.2. The van der Waals surface area contributed by atoms with Crippen molar-refractivity contribution in [2.45, 2.75) is 25.8 Å². The minimum Gasteiger partial charge on any atom is -0.349 e. The highest BCUT2D eigenvalue weighted by Crippen LogP contribution is 2.27. The van der Waals surface area contributed by atoms with Gasteiger partial charge in [-0.05, 0) is 50.6 Å². The molecule has 0 bridgehead atoms. The zero-order valence-corrected chi connectivity index (χ0v) is 15.5. The van der Waals surface area contributed by atoms with Crippen molar-refractivity contribution in [2.75, 3.05) is 13.1 Å². The second-order valence-corrected chi connectivity index (χ2v) is 6.98. The van der Waals surface area contributed by atoms with Gasteiger partial charge in [0.25, 0.3) is 5.91 Å². The first kappa shape index (κ1) is 17.5. The smallest absolute Gasteiger partial charge is 0.255 e. The summed E-state index contributed by atoms with van der Waals surface area (Å²) in [7, 11) is 0. The van der Waals surface area contributed by atoms with Gasteiger partial charge in [0.15, 0.2) is 0 Å². The fourth-order valence-electron chi connectivity index (χ4n) is 3.52. The lowest BCUT2D eigenvalue weighted by molar-refractivity contribution is 0.0930. The van der Waals surface area contributed by atoms with Crippen LogP contribution in [0.2, 0.25) is 0 Å². The Labute approximate surface area is 159 Å². The number of nitrogens with zero attached hydrogens (tertiary/aromatic N) is 2. The summed E-state index contributed by atoms with van der Waals surface area (Å²) in [4.78, 5) is 13.1. The van der Waals surface area contributed by atoms with E-state index in [9.17, 15) is 4.79 Å². The van der Waals surface area contributed by atoms with Gasteiger partial charge in [0.05, 0.1) is 11.3 Å². The molecule has 138 valence electrons. The predicted octanol–water partition coefficient (Wildman–Crippen LogP) is 3.33. The number of carbonyl (C=O) groups is 1. The largest absolute Gasteiger partial charge is 0.349 e. The number of hydrogen-bond acceptors (Lipinski definition) is 3. The van der Waals surface area contributed by atoms with Crippen molar-refractivity contribution in [2.24, 2.45) is 0 Å². The molecule has 1 amide bonds. The number of rotatable bonds is 4. The van der Waals surface area contributed by atoms with E-state index in [0.717, 1.165) is 48.4 Å². The Morgan fingerprint density at radius 3 is 2.52 bits per heavy atom. The van der Waals surface area contributed by atoms with E-state index in [1.54, 1.807) is 4.68 Å². The Balaban J connectivity index is 1.73. The summed E-state index contributed by atoms with van der Waals surface area (Å²) in [5, 5.41) is 11.3. The SMILES string of the molecule is Cc1ccccc1-c1nn(-c2ccccc2)cc1C(=O)NC1CCNCC1. The van der Waals surface area contributed by atoms with Crippen LogP contribution >= 0.6 is 0 Å². The zero-order valence-electron chi connectivity index (χ0n) is 15.5. The number of amides is 1. The average Bonchev–Trinajstić information content (AvgIpc) is 3.15. The fourth-order valence-corrected chi connectivity index (χ4v) is 3.52.